The van der Waals surface area contributed by atoms with Crippen LogP contribution in [0.1, 0.15) is 20.1 Å². The quantitative estimate of drug-likeness (QED) is 0.638. The van der Waals surface area contributed by atoms with Crippen molar-refractivity contribution in [2.75, 3.05) is 7.11 Å². The molecule has 0 aliphatic rings. The SMILES string of the molecule is COC(=O)Cc1ccc(C(=O)c2cccc(F)c2)s1. The standard InChI is InChI=1S/C14H11FO3S/c1-18-13(16)8-11-5-6-12(19-11)14(17)9-3-2-4-10(15)7-9/h2-7H,8H2,1H3. The van der Waals surface area contributed by atoms with Crippen molar-refractivity contribution in [3.63, 3.8) is 0 Å². The van der Waals surface area contributed by atoms with Crippen molar-refractivity contribution in [2.24, 2.45) is 0 Å². The zero-order valence-electron chi connectivity index (χ0n) is 10.2. The van der Waals surface area contributed by atoms with E-state index in [0.29, 0.717) is 10.4 Å². The second kappa shape index (κ2) is 5.75. The maximum Gasteiger partial charge on any atom is 0.310 e. The molecule has 3 nitrogen and oxygen atoms in total. The van der Waals surface area contributed by atoms with E-state index in [1.807, 2.05) is 0 Å². The fourth-order valence-electron chi connectivity index (χ4n) is 1.58. The molecule has 98 valence electrons. The van der Waals surface area contributed by atoms with Gasteiger partial charge in [0.25, 0.3) is 0 Å². The molecule has 0 radical (unpaired) electrons. The Hall–Kier alpha value is -2.01. The first kappa shape index (κ1) is 13.4. The fraction of sp³-hybridized carbons (Fsp3) is 0.143. The average Bonchev–Trinajstić information content (AvgIpc) is 2.86. The number of carbonyl (C=O) groups is 2. The molecule has 0 fully saturated rings. The van der Waals surface area contributed by atoms with Crippen LogP contribution in [-0.2, 0) is 16.0 Å². The number of halogens is 1. The van der Waals surface area contributed by atoms with E-state index in [0.717, 1.165) is 4.88 Å². The van der Waals surface area contributed by atoms with Gasteiger partial charge in [0.1, 0.15) is 5.82 Å². The number of rotatable bonds is 4. The minimum atomic E-state index is -0.447. The monoisotopic (exact) mass is 278 g/mol. The Morgan fingerprint density at radius 2 is 2.05 bits per heavy atom. The first-order chi connectivity index (χ1) is 9.10. The van der Waals surface area contributed by atoms with E-state index in [-0.39, 0.29) is 18.2 Å². The molecule has 19 heavy (non-hydrogen) atoms. The highest BCUT2D eigenvalue weighted by atomic mass is 32.1. The molecule has 2 aromatic rings. The fourth-order valence-corrected chi connectivity index (χ4v) is 2.54. The second-order valence-electron chi connectivity index (χ2n) is 3.86. The summed E-state index contributed by atoms with van der Waals surface area (Å²) < 4.78 is 17.6. The Kier molecular flexibility index (Phi) is 4.06. The van der Waals surface area contributed by atoms with Crippen LogP contribution in [0.2, 0.25) is 0 Å². The lowest BCUT2D eigenvalue weighted by molar-refractivity contribution is -0.139. The van der Waals surface area contributed by atoms with Gasteiger partial charge in [-0.3, -0.25) is 9.59 Å². The Labute approximate surface area is 113 Å². The van der Waals surface area contributed by atoms with Gasteiger partial charge in [-0.2, -0.15) is 0 Å². The lowest BCUT2D eigenvalue weighted by Crippen LogP contribution is -2.02. The van der Waals surface area contributed by atoms with Crippen LogP contribution in [0.4, 0.5) is 4.39 Å². The summed E-state index contributed by atoms with van der Waals surface area (Å²) in [6.07, 6.45) is 0.137. The van der Waals surface area contributed by atoms with Gasteiger partial charge in [-0.25, -0.2) is 4.39 Å². The lowest BCUT2D eigenvalue weighted by Gasteiger charge is -1.98. The van der Waals surface area contributed by atoms with Gasteiger partial charge in [-0.1, -0.05) is 12.1 Å². The number of carbonyl (C=O) groups excluding carboxylic acids is 2. The highest BCUT2D eigenvalue weighted by Crippen LogP contribution is 2.21. The number of ether oxygens (including phenoxy) is 1. The predicted octanol–water partition coefficient (Wildman–Crippen LogP) is 2.83. The van der Waals surface area contributed by atoms with E-state index in [4.69, 9.17) is 0 Å². The Morgan fingerprint density at radius 1 is 1.26 bits per heavy atom. The zero-order chi connectivity index (χ0) is 13.8. The van der Waals surface area contributed by atoms with Gasteiger partial charge < -0.3 is 4.74 Å². The highest BCUT2D eigenvalue weighted by molar-refractivity contribution is 7.14. The third-order valence-electron chi connectivity index (χ3n) is 2.52. The van der Waals surface area contributed by atoms with Crippen LogP contribution in [0, 0.1) is 5.82 Å². The van der Waals surface area contributed by atoms with Crippen LogP contribution in [0.5, 0.6) is 0 Å². The molecule has 2 rings (SSSR count). The van der Waals surface area contributed by atoms with Crippen LogP contribution >= 0.6 is 11.3 Å². The van der Waals surface area contributed by atoms with Gasteiger partial charge in [0.2, 0.25) is 5.78 Å². The summed E-state index contributed by atoms with van der Waals surface area (Å²) in [6.45, 7) is 0. The van der Waals surface area contributed by atoms with Crippen molar-refractivity contribution in [1.82, 2.24) is 0 Å². The molecule has 0 aliphatic heterocycles. The summed E-state index contributed by atoms with van der Waals surface area (Å²) in [5.74, 6) is -1.05. The molecule has 0 atom stereocenters. The van der Waals surface area contributed by atoms with Gasteiger partial charge in [-0.05, 0) is 24.3 Å². The maximum atomic E-state index is 13.1. The molecule has 0 saturated carbocycles. The van der Waals surface area contributed by atoms with E-state index in [2.05, 4.69) is 4.74 Å². The molecule has 0 amide bonds. The smallest absolute Gasteiger partial charge is 0.310 e. The first-order valence-corrected chi connectivity index (χ1v) is 6.37. The maximum absolute atomic E-state index is 13.1. The van der Waals surface area contributed by atoms with E-state index < -0.39 is 5.82 Å². The van der Waals surface area contributed by atoms with Crippen LogP contribution in [0.15, 0.2) is 36.4 Å². The summed E-state index contributed by atoms with van der Waals surface area (Å²) in [5, 5.41) is 0. The summed E-state index contributed by atoms with van der Waals surface area (Å²) >= 11 is 1.21. The predicted molar refractivity (Wildman–Crippen MR) is 69.9 cm³/mol. The molecule has 5 heteroatoms. The summed E-state index contributed by atoms with van der Waals surface area (Å²) in [7, 11) is 1.31. The molecule has 0 N–H and O–H groups in total. The van der Waals surface area contributed by atoms with Gasteiger partial charge in [0, 0.05) is 10.4 Å². The molecular formula is C14H11FO3S. The number of hydrogen-bond donors (Lipinski definition) is 0. The molecular weight excluding hydrogens is 267 g/mol. The Bertz CT molecular complexity index is 619. The summed E-state index contributed by atoms with van der Waals surface area (Å²) in [5.41, 5.74) is 0.298. The van der Waals surface area contributed by atoms with Crippen molar-refractivity contribution < 1.29 is 18.7 Å². The number of hydrogen-bond acceptors (Lipinski definition) is 4. The third kappa shape index (κ3) is 3.26. The van der Waals surface area contributed by atoms with Crippen molar-refractivity contribution in [3.05, 3.63) is 57.5 Å². The van der Waals surface area contributed by atoms with Crippen LogP contribution in [-0.4, -0.2) is 18.9 Å². The first-order valence-electron chi connectivity index (χ1n) is 5.56. The van der Waals surface area contributed by atoms with Gasteiger partial charge in [0.05, 0.1) is 18.4 Å². The number of esters is 1. The number of ketones is 1. The summed E-state index contributed by atoms with van der Waals surface area (Å²) in [4.78, 5) is 24.4. The van der Waals surface area contributed by atoms with Crippen molar-refractivity contribution in [2.45, 2.75) is 6.42 Å². The Morgan fingerprint density at radius 3 is 2.74 bits per heavy atom. The average molecular weight is 278 g/mol. The molecule has 1 heterocycles. The molecule has 0 saturated heterocycles. The van der Waals surface area contributed by atoms with Gasteiger partial charge in [-0.15, -0.1) is 11.3 Å². The number of thiophene rings is 1. The topological polar surface area (TPSA) is 43.4 Å². The molecule has 0 unspecified atom stereocenters. The van der Waals surface area contributed by atoms with Crippen molar-refractivity contribution in [3.8, 4) is 0 Å². The zero-order valence-corrected chi connectivity index (χ0v) is 11.0. The van der Waals surface area contributed by atoms with Crippen LogP contribution in [0.25, 0.3) is 0 Å². The number of methoxy groups -OCH3 is 1. The normalized spacial score (nSPS) is 10.2. The Balaban J connectivity index is 2.18. The van der Waals surface area contributed by atoms with E-state index in [1.165, 1.54) is 36.6 Å². The van der Waals surface area contributed by atoms with Crippen LogP contribution < -0.4 is 0 Å². The van der Waals surface area contributed by atoms with E-state index in [1.54, 1.807) is 18.2 Å². The molecule has 0 bridgehead atoms. The lowest BCUT2D eigenvalue weighted by atomic mass is 10.1. The van der Waals surface area contributed by atoms with E-state index in [9.17, 15) is 14.0 Å². The van der Waals surface area contributed by atoms with Gasteiger partial charge in [0.15, 0.2) is 0 Å². The van der Waals surface area contributed by atoms with Crippen LogP contribution in [0.3, 0.4) is 0 Å². The third-order valence-corrected chi connectivity index (χ3v) is 3.60. The largest absolute Gasteiger partial charge is 0.469 e. The van der Waals surface area contributed by atoms with Crippen molar-refractivity contribution >= 4 is 23.1 Å². The molecule has 1 aromatic heterocycles. The van der Waals surface area contributed by atoms with E-state index >= 15 is 0 Å². The summed E-state index contributed by atoms with van der Waals surface area (Å²) in [6, 6.07) is 8.87. The minimum absolute atomic E-state index is 0.137. The van der Waals surface area contributed by atoms with Crippen molar-refractivity contribution in [1.29, 1.82) is 0 Å². The highest BCUT2D eigenvalue weighted by Gasteiger charge is 2.14. The second-order valence-corrected chi connectivity index (χ2v) is 5.03. The molecule has 0 aliphatic carbocycles. The molecule has 1 aromatic carbocycles. The minimum Gasteiger partial charge on any atom is -0.469 e. The molecule has 0 spiro atoms. The number of benzene rings is 1. The van der Waals surface area contributed by atoms with Gasteiger partial charge >= 0.3 is 5.97 Å².